The summed E-state index contributed by atoms with van der Waals surface area (Å²) in [6.07, 6.45) is 4.41. The number of ether oxygens (including phenoxy) is 1. The summed E-state index contributed by atoms with van der Waals surface area (Å²) in [6, 6.07) is 14.6. The van der Waals surface area contributed by atoms with Crippen LogP contribution in [0.25, 0.3) is 5.69 Å². The molecule has 2 aromatic carbocycles. The van der Waals surface area contributed by atoms with Crippen LogP contribution in [0.1, 0.15) is 5.56 Å². The number of benzene rings is 2. The first-order valence-electron chi connectivity index (χ1n) is 8.88. The fraction of sp³-hybridized carbons (Fsp3) is 0.150. The van der Waals surface area contributed by atoms with Crippen LogP contribution in [-0.4, -0.2) is 34.9 Å². The number of rotatable bonds is 5. The van der Waals surface area contributed by atoms with Crippen molar-refractivity contribution in [3.8, 4) is 11.4 Å². The Balaban J connectivity index is 1.27. The lowest BCUT2D eigenvalue weighted by atomic mass is 10.2. The number of fused-ring (bicyclic) bond motifs is 1. The maximum atomic E-state index is 12.1. The molecule has 4 rings (SSSR count). The van der Waals surface area contributed by atoms with Gasteiger partial charge in [0.15, 0.2) is 6.61 Å². The number of hydrogen-bond donors (Lipinski definition) is 3. The first kappa shape index (κ1) is 17.6. The van der Waals surface area contributed by atoms with Gasteiger partial charge in [-0.2, -0.15) is 5.10 Å². The van der Waals surface area contributed by atoms with E-state index in [2.05, 4.69) is 21.0 Å². The van der Waals surface area contributed by atoms with E-state index in [0.29, 0.717) is 30.1 Å². The van der Waals surface area contributed by atoms with Gasteiger partial charge in [0.25, 0.3) is 5.91 Å². The van der Waals surface area contributed by atoms with Crippen LogP contribution in [-0.2, 0) is 11.2 Å². The van der Waals surface area contributed by atoms with E-state index >= 15 is 0 Å². The van der Waals surface area contributed by atoms with Gasteiger partial charge in [0.1, 0.15) is 5.75 Å². The van der Waals surface area contributed by atoms with E-state index in [4.69, 9.17) is 4.74 Å². The van der Waals surface area contributed by atoms with Gasteiger partial charge in [-0.1, -0.05) is 18.2 Å². The molecule has 1 aliphatic heterocycles. The molecule has 0 unspecified atom stereocenters. The summed E-state index contributed by atoms with van der Waals surface area (Å²) in [5, 5.41) is 12.6. The Hall–Kier alpha value is -3.81. The average molecular weight is 377 g/mol. The van der Waals surface area contributed by atoms with Gasteiger partial charge < -0.3 is 20.7 Å². The highest BCUT2D eigenvalue weighted by molar-refractivity contribution is 5.96. The first-order valence-corrected chi connectivity index (χ1v) is 8.88. The topological polar surface area (TPSA) is 97.3 Å². The number of anilines is 2. The predicted octanol–water partition coefficient (Wildman–Crippen LogP) is 2.57. The molecule has 3 amide bonds. The molecule has 8 heteroatoms. The van der Waals surface area contributed by atoms with E-state index in [1.165, 1.54) is 0 Å². The minimum absolute atomic E-state index is 0.0285. The Morgan fingerprint density at radius 1 is 1.21 bits per heavy atom. The minimum atomic E-state index is -0.310. The first-order chi connectivity index (χ1) is 13.7. The number of hydrogen-bond acceptors (Lipinski definition) is 4. The Morgan fingerprint density at radius 3 is 2.93 bits per heavy atom. The third-order valence-electron chi connectivity index (χ3n) is 4.23. The van der Waals surface area contributed by atoms with Crippen molar-refractivity contribution in [1.29, 1.82) is 0 Å². The smallest absolute Gasteiger partial charge is 0.319 e. The number of urea groups is 1. The van der Waals surface area contributed by atoms with Crippen LogP contribution in [0.2, 0.25) is 0 Å². The molecule has 0 fully saturated rings. The number of amides is 3. The molecular weight excluding hydrogens is 358 g/mol. The highest BCUT2D eigenvalue weighted by Gasteiger charge is 2.16. The summed E-state index contributed by atoms with van der Waals surface area (Å²) in [5.74, 6) is 0.340. The van der Waals surface area contributed by atoms with Crippen LogP contribution in [0.4, 0.5) is 16.2 Å². The minimum Gasteiger partial charge on any atom is -0.482 e. The largest absolute Gasteiger partial charge is 0.482 e. The molecule has 142 valence electrons. The van der Waals surface area contributed by atoms with Crippen molar-refractivity contribution in [3.63, 3.8) is 0 Å². The summed E-state index contributed by atoms with van der Waals surface area (Å²) in [4.78, 5) is 23.4. The fourth-order valence-corrected chi connectivity index (χ4v) is 2.86. The quantitative estimate of drug-likeness (QED) is 0.637. The zero-order chi connectivity index (χ0) is 19.3. The normalized spacial score (nSPS) is 12.5. The molecule has 28 heavy (non-hydrogen) atoms. The number of para-hydroxylation sites is 1. The van der Waals surface area contributed by atoms with Crippen molar-refractivity contribution in [2.75, 3.05) is 23.8 Å². The summed E-state index contributed by atoms with van der Waals surface area (Å²) in [7, 11) is 0. The highest BCUT2D eigenvalue weighted by atomic mass is 16.5. The van der Waals surface area contributed by atoms with E-state index in [1.807, 2.05) is 36.5 Å². The Kier molecular flexibility index (Phi) is 4.92. The fourth-order valence-electron chi connectivity index (χ4n) is 2.86. The standard InChI is InChI=1S/C20H19N5O3/c26-19-13-28-18-10-15(6-7-17(18)24-19)23-20(27)21-9-8-14-11-22-25(12-14)16-4-2-1-3-5-16/h1-7,10-12H,8-9,13H2,(H,24,26)(H2,21,23,27). The van der Waals surface area contributed by atoms with E-state index < -0.39 is 0 Å². The van der Waals surface area contributed by atoms with Crippen LogP contribution in [0.5, 0.6) is 5.75 Å². The van der Waals surface area contributed by atoms with Crippen LogP contribution in [0.3, 0.4) is 0 Å². The van der Waals surface area contributed by atoms with Crippen LogP contribution >= 0.6 is 0 Å². The van der Waals surface area contributed by atoms with Crippen LogP contribution in [0, 0.1) is 0 Å². The van der Waals surface area contributed by atoms with Gasteiger partial charge >= 0.3 is 6.03 Å². The average Bonchev–Trinajstić information content (AvgIpc) is 3.18. The molecule has 3 aromatic rings. The molecule has 0 saturated carbocycles. The second-order valence-electron chi connectivity index (χ2n) is 6.31. The second kappa shape index (κ2) is 7.83. The van der Waals surface area contributed by atoms with Crippen molar-refractivity contribution in [1.82, 2.24) is 15.1 Å². The maximum Gasteiger partial charge on any atom is 0.319 e. The molecule has 3 N–H and O–H groups in total. The Bertz CT molecular complexity index is 1000. The van der Waals surface area contributed by atoms with Gasteiger partial charge in [-0.3, -0.25) is 4.79 Å². The molecule has 1 aromatic heterocycles. The van der Waals surface area contributed by atoms with E-state index in [0.717, 1.165) is 11.3 Å². The molecule has 0 saturated heterocycles. The number of nitrogens with zero attached hydrogens (tertiary/aromatic N) is 2. The molecule has 8 nitrogen and oxygen atoms in total. The summed E-state index contributed by atoms with van der Waals surface area (Å²) in [5.41, 5.74) is 3.20. The van der Waals surface area contributed by atoms with Crippen LogP contribution < -0.4 is 20.7 Å². The molecule has 0 bridgehead atoms. The second-order valence-corrected chi connectivity index (χ2v) is 6.31. The molecule has 0 aliphatic carbocycles. The lowest BCUT2D eigenvalue weighted by molar-refractivity contribution is -0.118. The van der Waals surface area contributed by atoms with Gasteiger partial charge in [-0.25, -0.2) is 9.48 Å². The monoisotopic (exact) mass is 377 g/mol. The molecule has 0 spiro atoms. The van der Waals surface area contributed by atoms with E-state index in [9.17, 15) is 9.59 Å². The third-order valence-corrected chi connectivity index (χ3v) is 4.23. The SMILES string of the molecule is O=C1COc2cc(NC(=O)NCCc3cnn(-c4ccccc4)c3)ccc2N1. The van der Waals surface area contributed by atoms with Gasteiger partial charge in [-0.15, -0.1) is 0 Å². The van der Waals surface area contributed by atoms with E-state index in [-0.39, 0.29) is 18.5 Å². The molecule has 2 heterocycles. The van der Waals surface area contributed by atoms with Gasteiger partial charge in [0.2, 0.25) is 0 Å². The summed E-state index contributed by atoms with van der Waals surface area (Å²) < 4.78 is 7.15. The number of carbonyl (C=O) groups is 2. The third kappa shape index (κ3) is 4.12. The maximum absolute atomic E-state index is 12.1. The number of carbonyl (C=O) groups excluding carboxylic acids is 2. The zero-order valence-corrected chi connectivity index (χ0v) is 15.0. The Labute approximate surface area is 161 Å². The number of aromatic nitrogens is 2. The van der Waals surface area contributed by atoms with Crippen LogP contribution in [0.15, 0.2) is 60.9 Å². The van der Waals surface area contributed by atoms with Crippen molar-refractivity contribution in [3.05, 3.63) is 66.5 Å². The molecule has 0 radical (unpaired) electrons. The molecule has 0 atom stereocenters. The van der Waals surface area contributed by atoms with Crippen molar-refractivity contribution < 1.29 is 14.3 Å². The summed E-state index contributed by atoms with van der Waals surface area (Å²) >= 11 is 0. The van der Waals surface area contributed by atoms with E-state index in [1.54, 1.807) is 29.1 Å². The van der Waals surface area contributed by atoms with Gasteiger partial charge in [0.05, 0.1) is 17.6 Å². The number of nitrogens with one attached hydrogen (secondary N) is 3. The van der Waals surface area contributed by atoms with Gasteiger partial charge in [-0.05, 0) is 36.2 Å². The van der Waals surface area contributed by atoms with Gasteiger partial charge in [0, 0.05) is 24.5 Å². The van der Waals surface area contributed by atoms with Crippen molar-refractivity contribution in [2.45, 2.75) is 6.42 Å². The Morgan fingerprint density at radius 2 is 2.07 bits per heavy atom. The molecule has 1 aliphatic rings. The zero-order valence-electron chi connectivity index (χ0n) is 15.0. The van der Waals surface area contributed by atoms with Crippen molar-refractivity contribution in [2.24, 2.45) is 0 Å². The predicted molar refractivity (Wildman–Crippen MR) is 105 cm³/mol. The lowest BCUT2D eigenvalue weighted by Crippen LogP contribution is -2.30. The van der Waals surface area contributed by atoms with Crippen molar-refractivity contribution >= 4 is 23.3 Å². The highest BCUT2D eigenvalue weighted by Crippen LogP contribution is 2.30. The lowest BCUT2D eigenvalue weighted by Gasteiger charge is -2.18. The molecular formula is C20H19N5O3. The summed E-state index contributed by atoms with van der Waals surface area (Å²) in [6.45, 7) is 0.448.